The first kappa shape index (κ1) is 12.5. The minimum absolute atomic E-state index is 0.246. The molecule has 88 valence electrons. The molecule has 6 heteroatoms. The average molecular weight is 230 g/mol. The molecule has 1 aromatic heterocycles. The third-order valence-electron chi connectivity index (χ3n) is 1.83. The Labute approximate surface area is 91.6 Å². The fourth-order valence-corrected chi connectivity index (χ4v) is 1.07. The molecule has 0 aromatic carbocycles. The number of halogens is 2. The number of hydrogen-bond acceptors (Lipinski definition) is 3. The maximum Gasteiger partial charge on any atom is 0.254 e. The van der Waals surface area contributed by atoms with Gasteiger partial charge in [-0.05, 0) is 13.0 Å². The molecule has 0 spiro atoms. The Morgan fingerprint density at radius 2 is 2.31 bits per heavy atom. The molecule has 0 radical (unpaired) electrons. The second-order valence-electron chi connectivity index (χ2n) is 2.92. The first-order valence-electron chi connectivity index (χ1n) is 4.82. The Hall–Kier alpha value is -1.56. The normalized spacial score (nSPS) is 10.2. The Balaban J connectivity index is 2.56. The summed E-state index contributed by atoms with van der Waals surface area (Å²) in [4.78, 5) is 14.5. The Morgan fingerprint density at radius 1 is 1.56 bits per heavy atom. The van der Waals surface area contributed by atoms with E-state index >= 15 is 0 Å². The lowest BCUT2D eigenvalue weighted by atomic mass is 10.2. The Kier molecular flexibility index (Phi) is 4.78. The summed E-state index contributed by atoms with van der Waals surface area (Å²) in [7, 11) is 0. The van der Waals surface area contributed by atoms with Crippen LogP contribution in [-0.2, 0) is 4.74 Å². The van der Waals surface area contributed by atoms with E-state index in [1.165, 1.54) is 0 Å². The number of ether oxygens (including phenoxy) is 1. The van der Waals surface area contributed by atoms with E-state index in [9.17, 15) is 13.6 Å². The van der Waals surface area contributed by atoms with Crippen LogP contribution < -0.4 is 5.32 Å². The highest BCUT2D eigenvalue weighted by molar-refractivity contribution is 5.94. The van der Waals surface area contributed by atoms with E-state index in [1.807, 2.05) is 6.92 Å². The van der Waals surface area contributed by atoms with Crippen LogP contribution in [0.5, 0.6) is 0 Å². The quantitative estimate of drug-likeness (QED) is 0.609. The third-order valence-corrected chi connectivity index (χ3v) is 1.83. The van der Waals surface area contributed by atoms with Gasteiger partial charge < -0.3 is 10.1 Å². The van der Waals surface area contributed by atoms with Crippen LogP contribution >= 0.6 is 0 Å². The summed E-state index contributed by atoms with van der Waals surface area (Å²) in [5.74, 6) is -3.20. The third kappa shape index (κ3) is 3.23. The Bertz CT molecular complexity index is 372. The number of nitrogens with zero attached hydrogens (tertiary/aromatic N) is 1. The molecule has 0 fully saturated rings. The van der Waals surface area contributed by atoms with Crippen molar-refractivity contribution in [2.45, 2.75) is 6.92 Å². The first-order valence-corrected chi connectivity index (χ1v) is 4.82. The van der Waals surface area contributed by atoms with Crippen LogP contribution in [0.4, 0.5) is 8.78 Å². The predicted molar refractivity (Wildman–Crippen MR) is 53.0 cm³/mol. The van der Waals surface area contributed by atoms with Crippen LogP contribution in [0.25, 0.3) is 0 Å². The Morgan fingerprint density at radius 3 is 3.00 bits per heavy atom. The van der Waals surface area contributed by atoms with Crippen molar-refractivity contribution in [3.63, 3.8) is 0 Å². The summed E-state index contributed by atoms with van der Waals surface area (Å²) in [6.45, 7) is 2.93. The minimum atomic E-state index is -1.28. The van der Waals surface area contributed by atoms with E-state index in [0.717, 1.165) is 12.3 Å². The van der Waals surface area contributed by atoms with E-state index in [4.69, 9.17) is 4.74 Å². The van der Waals surface area contributed by atoms with Gasteiger partial charge in [0.1, 0.15) is 0 Å². The number of carbonyl (C=O) groups is 1. The van der Waals surface area contributed by atoms with Crippen molar-refractivity contribution in [1.82, 2.24) is 10.3 Å². The predicted octanol–water partition coefficient (Wildman–Crippen LogP) is 1.13. The molecule has 1 N–H and O–H groups in total. The number of amides is 1. The molecule has 0 saturated carbocycles. The minimum Gasteiger partial charge on any atom is -0.380 e. The SMILES string of the molecule is CCOCCNC(=O)c1ccnc(F)c1F. The van der Waals surface area contributed by atoms with Crippen LogP contribution in [0.2, 0.25) is 0 Å². The molecule has 0 saturated heterocycles. The summed E-state index contributed by atoms with van der Waals surface area (Å²) < 4.78 is 30.8. The monoisotopic (exact) mass is 230 g/mol. The van der Waals surface area contributed by atoms with Gasteiger partial charge in [0.15, 0.2) is 5.82 Å². The summed E-state index contributed by atoms with van der Waals surface area (Å²) in [5.41, 5.74) is -0.357. The zero-order chi connectivity index (χ0) is 12.0. The van der Waals surface area contributed by atoms with Crippen molar-refractivity contribution in [2.24, 2.45) is 0 Å². The zero-order valence-electron chi connectivity index (χ0n) is 8.80. The number of hydrogen-bond donors (Lipinski definition) is 1. The lowest BCUT2D eigenvalue weighted by molar-refractivity contribution is 0.0917. The van der Waals surface area contributed by atoms with E-state index < -0.39 is 17.7 Å². The van der Waals surface area contributed by atoms with Gasteiger partial charge in [0.25, 0.3) is 5.91 Å². The molecule has 0 aliphatic rings. The van der Waals surface area contributed by atoms with Gasteiger partial charge in [0, 0.05) is 19.3 Å². The molecule has 0 bridgehead atoms. The first-order chi connectivity index (χ1) is 7.66. The van der Waals surface area contributed by atoms with Gasteiger partial charge in [0.2, 0.25) is 5.95 Å². The molecule has 4 nitrogen and oxygen atoms in total. The van der Waals surface area contributed by atoms with Gasteiger partial charge in [0.05, 0.1) is 12.2 Å². The fourth-order valence-electron chi connectivity index (χ4n) is 1.07. The van der Waals surface area contributed by atoms with Gasteiger partial charge in [-0.25, -0.2) is 9.37 Å². The topological polar surface area (TPSA) is 51.2 Å². The average Bonchev–Trinajstić information content (AvgIpc) is 2.28. The second-order valence-corrected chi connectivity index (χ2v) is 2.92. The van der Waals surface area contributed by atoms with Gasteiger partial charge in [-0.1, -0.05) is 0 Å². The van der Waals surface area contributed by atoms with Gasteiger partial charge >= 0.3 is 0 Å². The molecule has 0 atom stereocenters. The van der Waals surface area contributed by atoms with Crippen LogP contribution in [0.15, 0.2) is 12.3 Å². The highest BCUT2D eigenvalue weighted by Gasteiger charge is 2.15. The number of rotatable bonds is 5. The molecule has 1 aromatic rings. The van der Waals surface area contributed by atoms with Crippen molar-refractivity contribution in [1.29, 1.82) is 0 Å². The molecule has 16 heavy (non-hydrogen) atoms. The molecule has 0 unspecified atom stereocenters. The second kappa shape index (κ2) is 6.12. The highest BCUT2D eigenvalue weighted by Crippen LogP contribution is 2.08. The number of pyridine rings is 1. The summed E-state index contributed by atoms with van der Waals surface area (Å²) in [6, 6.07) is 1.12. The standard InChI is InChI=1S/C10H12F2N2O2/c1-2-16-6-5-14-10(15)7-3-4-13-9(12)8(7)11/h3-4H,2,5-6H2,1H3,(H,14,15). The molecule has 0 aliphatic carbocycles. The summed E-state index contributed by atoms with van der Waals surface area (Å²) in [5, 5.41) is 2.40. The van der Waals surface area contributed by atoms with Crippen LogP contribution in [0.1, 0.15) is 17.3 Å². The van der Waals surface area contributed by atoms with Crippen molar-refractivity contribution in [2.75, 3.05) is 19.8 Å². The molecule has 1 heterocycles. The number of carbonyl (C=O) groups excluding carboxylic acids is 1. The highest BCUT2D eigenvalue weighted by atomic mass is 19.2. The van der Waals surface area contributed by atoms with E-state index in [1.54, 1.807) is 0 Å². The summed E-state index contributed by atoms with van der Waals surface area (Å²) in [6.07, 6.45) is 1.04. The lowest BCUT2D eigenvalue weighted by Crippen LogP contribution is -2.28. The van der Waals surface area contributed by atoms with E-state index in [0.29, 0.717) is 13.2 Å². The maximum absolute atomic E-state index is 13.1. The molecule has 0 aliphatic heterocycles. The largest absolute Gasteiger partial charge is 0.380 e. The maximum atomic E-state index is 13.1. The molecule has 1 amide bonds. The molecular weight excluding hydrogens is 218 g/mol. The van der Waals surface area contributed by atoms with E-state index in [2.05, 4.69) is 10.3 Å². The smallest absolute Gasteiger partial charge is 0.254 e. The zero-order valence-corrected chi connectivity index (χ0v) is 8.80. The van der Waals surface area contributed by atoms with Crippen LogP contribution in [0.3, 0.4) is 0 Å². The van der Waals surface area contributed by atoms with Crippen molar-refractivity contribution >= 4 is 5.91 Å². The van der Waals surface area contributed by atoms with Gasteiger partial charge in [-0.2, -0.15) is 4.39 Å². The van der Waals surface area contributed by atoms with E-state index in [-0.39, 0.29) is 12.1 Å². The fraction of sp³-hybridized carbons (Fsp3) is 0.400. The lowest BCUT2D eigenvalue weighted by Gasteiger charge is -2.05. The summed E-state index contributed by atoms with van der Waals surface area (Å²) >= 11 is 0. The van der Waals surface area contributed by atoms with Crippen molar-refractivity contribution < 1.29 is 18.3 Å². The van der Waals surface area contributed by atoms with Crippen molar-refractivity contribution in [3.8, 4) is 0 Å². The molecule has 1 rings (SSSR count). The van der Waals surface area contributed by atoms with Crippen molar-refractivity contribution in [3.05, 3.63) is 29.6 Å². The van der Waals surface area contributed by atoms with Crippen LogP contribution in [0, 0.1) is 11.8 Å². The van der Waals surface area contributed by atoms with Gasteiger partial charge in [-0.3, -0.25) is 4.79 Å². The van der Waals surface area contributed by atoms with Crippen LogP contribution in [-0.4, -0.2) is 30.6 Å². The number of aromatic nitrogens is 1. The van der Waals surface area contributed by atoms with Gasteiger partial charge in [-0.15, -0.1) is 0 Å². The molecular formula is C10H12F2N2O2. The number of nitrogens with one attached hydrogen (secondary N) is 1.